The molecule has 1 N–H and O–H groups in total. The molecule has 0 amide bonds. The number of ether oxygens (including phenoxy) is 1. The average Bonchev–Trinajstić information content (AvgIpc) is 2.41. The molecular weight excluding hydrogens is 302 g/mol. The van der Waals surface area contributed by atoms with Crippen LogP contribution in [-0.2, 0) is 6.54 Å². The van der Waals surface area contributed by atoms with Gasteiger partial charge in [-0.1, -0.05) is 34.1 Å². The van der Waals surface area contributed by atoms with Crippen molar-refractivity contribution >= 4 is 21.6 Å². The van der Waals surface area contributed by atoms with E-state index in [1.54, 1.807) is 0 Å². The molecule has 0 atom stereocenters. The Labute approximate surface area is 122 Å². The molecule has 0 aliphatic carbocycles. The highest BCUT2D eigenvalue weighted by atomic mass is 79.9. The first-order valence-electron chi connectivity index (χ1n) is 6.41. The van der Waals surface area contributed by atoms with Crippen molar-refractivity contribution < 1.29 is 4.74 Å². The largest absolute Gasteiger partial charge is 0.494 e. The third kappa shape index (κ3) is 4.00. The van der Waals surface area contributed by atoms with Crippen LogP contribution < -0.4 is 10.1 Å². The Morgan fingerprint density at radius 1 is 1.16 bits per heavy atom. The van der Waals surface area contributed by atoms with Crippen molar-refractivity contribution in [2.24, 2.45) is 0 Å². The van der Waals surface area contributed by atoms with Crippen molar-refractivity contribution in [3.8, 4) is 5.75 Å². The standard InChI is InChI=1S/C16H18BrNO/c1-3-19-15-6-4-5-14(10-15)18-11-13-8-7-12(2)16(17)9-13/h4-10,18H,3,11H2,1-2H3. The Morgan fingerprint density at radius 3 is 2.74 bits per heavy atom. The Morgan fingerprint density at radius 2 is 2.00 bits per heavy atom. The molecule has 0 fully saturated rings. The number of aryl methyl sites for hydroxylation is 1. The molecule has 0 unspecified atom stereocenters. The monoisotopic (exact) mass is 319 g/mol. The maximum atomic E-state index is 5.49. The third-order valence-electron chi connectivity index (χ3n) is 2.88. The van der Waals surface area contributed by atoms with Crippen molar-refractivity contribution in [2.45, 2.75) is 20.4 Å². The van der Waals surface area contributed by atoms with Crippen LogP contribution in [0.1, 0.15) is 18.1 Å². The minimum absolute atomic E-state index is 0.689. The average molecular weight is 320 g/mol. The van der Waals surface area contributed by atoms with Gasteiger partial charge in [-0.3, -0.25) is 0 Å². The lowest BCUT2D eigenvalue weighted by Crippen LogP contribution is -2.00. The van der Waals surface area contributed by atoms with Gasteiger partial charge in [0.15, 0.2) is 0 Å². The molecule has 2 aromatic carbocycles. The fraction of sp³-hybridized carbons (Fsp3) is 0.250. The molecule has 100 valence electrons. The van der Waals surface area contributed by atoms with E-state index in [0.29, 0.717) is 6.61 Å². The summed E-state index contributed by atoms with van der Waals surface area (Å²) in [7, 11) is 0. The topological polar surface area (TPSA) is 21.3 Å². The molecule has 3 heteroatoms. The summed E-state index contributed by atoms with van der Waals surface area (Å²) in [5.74, 6) is 0.901. The zero-order valence-electron chi connectivity index (χ0n) is 11.2. The van der Waals surface area contributed by atoms with E-state index >= 15 is 0 Å². The Kier molecular flexibility index (Phi) is 4.86. The minimum Gasteiger partial charge on any atom is -0.494 e. The van der Waals surface area contributed by atoms with E-state index in [1.807, 2.05) is 31.2 Å². The van der Waals surface area contributed by atoms with E-state index in [4.69, 9.17) is 4.74 Å². The second kappa shape index (κ2) is 6.62. The van der Waals surface area contributed by atoms with Crippen LogP contribution in [-0.4, -0.2) is 6.61 Å². The highest BCUT2D eigenvalue weighted by molar-refractivity contribution is 9.10. The molecule has 2 nitrogen and oxygen atoms in total. The van der Waals surface area contributed by atoms with Crippen LogP contribution in [0.25, 0.3) is 0 Å². The molecule has 19 heavy (non-hydrogen) atoms. The van der Waals surface area contributed by atoms with Crippen LogP contribution in [0, 0.1) is 6.92 Å². The Bertz CT molecular complexity index is 554. The van der Waals surface area contributed by atoms with Crippen molar-refractivity contribution in [3.05, 3.63) is 58.1 Å². The predicted molar refractivity (Wildman–Crippen MR) is 83.8 cm³/mol. The van der Waals surface area contributed by atoms with Gasteiger partial charge in [0.25, 0.3) is 0 Å². The molecule has 0 bridgehead atoms. The first-order chi connectivity index (χ1) is 9.19. The van der Waals surface area contributed by atoms with Gasteiger partial charge in [-0.25, -0.2) is 0 Å². The van der Waals surface area contributed by atoms with Gasteiger partial charge in [0, 0.05) is 22.8 Å². The van der Waals surface area contributed by atoms with Crippen molar-refractivity contribution in [1.82, 2.24) is 0 Å². The number of nitrogens with one attached hydrogen (secondary N) is 1. The zero-order valence-corrected chi connectivity index (χ0v) is 12.8. The van der Waals surface area contributed by atoms with Crippen LogP contribution >= 0.6 is 15.9 Å². The molecule has 2 aromatic rings. The van der Waals surface area contributed by atoms with Crippen molar-refractivity contribution in [2.75, 3.05) is 11.9 Å². The van der Waals surface area contributed by atoms with E-state index in [9.17, 15) is 0 Å². The van der Waals surface area contributed by atoms with E-state index in [0.717, 1.165) is 22.5 Å². The number of anilines is 1. The van der Waals surface area contributed by atoms with Gasteiger partial charge in [-0.2, -0.15) is 0 Å². The summed E-state index contributed by atoms with van der Waals surface area (Å²) < 4.78 is 6.63. The van der Waals surface area contributed by atoms with Crippen molar-refractivity contribution in [3.63, 3.8) is 0 Å². The molecule has 0 aliphatic heterocycles. The number of benzene rings is 2. The van der Waals surface area contributed by atoms with Gasteiger partial charge in [0.2, 0.25) is 0 Å². The molecule has 0 aromatic heterocycles. The van der Waals surface area contributed by atoms with E-state index in [1.165, 1.54) is 11.1 Å². The highest BCUT2D eigenvalue weighted by Gasteiger charge is 1.99. The second-order valence-corrected chi connectivity index (χ2v) is 5.25. The minimum atomic E-state index is 0.689. The van der Waals surface area contributed by atoms with Gasteiger partial charge in [0.05, 0.1) is 6.61 Å². The first kappa shape index (κ1) is 13.9. The molecule has 0 radical (unpaired) electrons. The quantitative estimate of drug-likeness (QED) is 0.857. The van der Waals surface area contributed by atoms with Gasteiger partial charge >= 0.3 is 0 Å². The zero-order chi connectivity index (χ0) is 13.7. The molecular formula is C16H18BrNO. The summed E-state index contributed by atoms with van der Waals surface area (Å²) in [4.78, 5) is 0. The lowest BCUT2D eigenvalue weighted by atomic mass is 10.1. The van der Waals surface area contributed by atoms with Gasteiger partial charge in [0.1, 0.15) is 5.75 Å². The number of hydrogen-bond acceptors (Lipinski definition) is 2. The lowest BCUT2D eigenvalue weighted by Gasteiger charge is -2.10. The molecule has 2 rings (SSSR count). The number of halogens is 1. The Hall–Kier alpha value is -1.48. The number of rotatable bonds is 5. The molecule has 0 heterocycles. The van der Waals surface area contributed by atoms with Crippen LogP contribution in [0.2, 0.25) is 0 Å². The summed E-state index contributed by atoms with van der Waals surface area (Å²) in [6.07, 6.45) is 0. The van der Waals surface area contributed by atoms with Crippen LogP contribution in [0.3, 0.4) is 0 Å². The van der Waals surface area contributed by atoms with E-state index < -0.39 is 0 Å². The fourth-order valence-corrected chi connectivity index (χ4v) is 2.24. The maximum absolute atomic E-state index is 5.49. The smallest absolute Gasteiger partial charge is 0.121 e. The molecule has 0 saturated carbocycles. The lowest BCUT2D eigenvalue weighted by molar-refractivity contribution is 0.340. The molecule has 0 saturated heterocycles. The second-order valence-electron chi connectivity index (χ2n) is 4.40. The third-order valence-corrected chi connectivity index (χ3v) is 3.73. The molecule has 0 spiro atoms. The SMILES string of the molecule is CCOc1cccc(NCc2ccc(C)c(Br)c2)c1. The normalized spacial score (nSPS) is 10.3. The molecule has 0 aliphatic rings. The summed E-state index contributed by atoms with van der Waals surface area (Å²) >= 11 is 3.56. The fourth-order valence-electron chi connectivity index (χ4n) is 1.81. The van der Waals surface area contributed by atoms with Crippen LogP contribution in [0.15, 0.2) is 46.9 Å². The predicted octanol–water partition coefficient (Wildman–Crippen LogP) is 4.77. The highest BCUT2D eigenvalue weighted by Crippen LogP contribution is 2.20. The van der Waals surface area contributed by atoms with Gasteiger partial charge < -0.3 is 10.1 Å². The Balaban J connectivity index is 2.01. The summed E-state index contributed by atoms with van der Waals surface area (Å²) in [6.45, 7) is 5.57. The number of hydrogen-bond donors (Lipinski definition) is 1. The van der Waals surface area contributed by atoms with Gasteiger partial charge in [-0.05, 0) is 43.2 Å². The maximum Gasteiger partial charge on any atom is 0.121 e. The van der Waals surface area contributed by atoms with Crippen LogP contribution in [0.4, 0.5) is 5.69 Å². The first-order valence-corrected chi connectivity index (χ1v) is 7.20. The van der Waals surface area contributed by atoms with Crippen LogP contribution in [0.5, 0.6) is 5.75 Å². The van der Waals surface area contributed by atoms with E-state index in [-0.39, 0.29) is 0 Å². The summed E-state index contributed by atoms with van der Waals surface area (Å²) in [6, 6.07) is 14.4. The summed E-state index contributed by atoms with van der Waals surface area (Å²) in [5.41, 5.74) is 3.57. The van der Waals surface area contributed by atoms with Crippen molar-refractivity contribution in [1.29, 1.82) is 0 Å². The van der Waals surface area contributed by atoms with Gasteiger partial charge in [-0.15, -0.1) is 0 Å². The summed E-state index contributed by atoms with van der Waals surface area (Å²) in [5, 5.41) is 3.41. The van der Waals surface area contributed by atoms with E-state index in [2.05, 4.69) is 46.4 Å².